The van der Waals surface area contributed by atoms with Crippen LogP contribution in [0.1, 0.15) is 17.7 Å². The van der Waals surface area contributed by atoms with Gasteiger partial charge >= 0.3 is 0 Å². The lowest BCUT2D eigenvalue weighted by atomic mass is 10.3. The van der Waals surface area contributed by atoms with Crippen LogP contribution in [-0.2, 0) is 11.3 Å². The number of para-hydroxylation sites is 1. The maximum absolute atomic E-state index is 11.9. The first kappa shape index (κ1) is 16.5. The number of aromatic nitrogens is 2. The molecule has 0 bridgehead atoms. The molecule has 6 heteroatoms. The van der Waals surface area contributed by atoms with Gasteiger partial charge in [-0.3, -0.25) is 4.79 Å². The van der Waals surface area contributed by atoms with Crippen molar-refractivity contribution in [1.29, 1.82) is 0 Å². The third kappa shape index (κ3) is 4.14. The highest BCUT2D eigenvalue weighted by Gasteiger charge is 2.07. The van der Waals surface area contributed by atoms with Crippen LogP contribution in [0.4, 0.5) is 0 Å². The van der Waals surface area contributed by atoms with Gasteiger partial charge in [-0.2, -0.15) is 0 Å². The molecule has 24 heavy (non-hydrogen) atoms. The van der Waals surface area contributed by atoms with Crippen LogP contribution in [0, 0.1) is 6.92 Å². The van der Waals surface area contributed by atoms with Crippen molar-refractivity contribution in [1.82, 2.24) is 14.7 Å². The van der Waals surface area contributed by atoms with E-state index in [9.17, 15) is 4.79 Å². The van der Waals surface area contributed by atoms with E-state index in [1.54, 1.807) is 0 Å². The average molecular weight is 388 g/mol. The van der Waals surface area contributed by atoms with Gasteiger partial charge in [0.1, 0.15) is 11.4 Å². The number of imidazole rings is 1. The number of benzene rings is 1. The minimum Gasteiger partial charge on any atom is -0.493 e. The number of nitrogens with zero attached hydrogens (tertiary/aromatic N) is 2. The summed E-state index contributed by atoms with van der Waals surface area (Å²) < 4.78 is 8.48. The lowest BCUT2D eigenvalue weighted by Crippen LogP contribution is -2.24. The van der Waals surface area contributed by atoms with Crippen molar-refractivity contribution in [2.75, 3.05) is 6.61 Å². The van der Waals surface area contributed by atoms with Crippen molar-refractivity contribution in [3.05, 3.63) is 64.5 Å². The summed E-state index contributed by atoms with van der Waals surface area (Å²) in [4.78, 5) is 16.5. The number of carbonyl (C=O) groups excluding carboxylic acids is 1. The molecule has 124 valence electrons. The number of aryl methyl sites for hydroxylation is 1. The average Bonchev–Trinajstić information content (AvgIpc) is 2.97. The number of ether oxygens (including phenoxy) is 1. The molecular weight excluding hydrogens is 370 g/mol. The summed E-state index contributed by atoms with van der Waals surface area (Å²) >= 11 is 3.47. The number of nitrogens with one attached hydrogen (secondary N) is 1. The van der Waals surface area contributed by atoms with Gasteiger partial charge in [-0.25, -0.2) is 4.98 Å². The van der Waals surface area contributed by atoms with E-state index >= 15 is 0 Å². The zero-order valence-corrected chi connectivity index (χ0v) is 14.9. The largest absolute Gasteiger partial charge is 0.493 e. The van der Waals surface area contributed by atoms with Gasteiger partial charge in [0, 0.05) is 16.9 Å². The lowest BCUT2D eigenvalue weighted by molar-refractivity contribution is -0.121. The van der Waals surface area contributed by atoms with Gasteiger partial charge in [-0.1, -0.05) is 18.2 Å². The first-order valence-corrected chi connectivity index (χ1v) is 8.49. The Bertz CT molecular complexity index is 846. The molecule has 0 fully saturated rings. The normalized spacial score (nSPS) is 10.8. The highest BCUT2D eigenvalue weighted by atomic mass is 79.9. The van der Waals surface area contributed by atoms with Gasteiger partial charge in [0.15, 0.2) is 0 Å². The number of hydrogen-bond acceptors (Lipinski definition) is 3. The van der Waals surface area contributed by atoms with Gasteiger partial charge in [-0.15, -0.1) is 0 Å². The molecule has 0 atom stereocenters. The fourth-order valence-corrected chi connectivity index (χ4v) is 2.98. The molecule has 5 nitrogen and oxygen atoms in total. The van der Waals surface area contributed by atoms with Gasteiger partial charge in [0.2, 0.25) is 5.91 Å². The van der Waals surface area contributed by atoms with Crippen LogP contribution in [0.5, 0.6) is 5.75 Å². The van der Waals surface area contributed by atoms with Gasteiger partial charge in [-0.05, 0) is 46.6 Å². The monoisotopic (exact) mass is 387 g/mol. The Morgan fingerprint density at radius 1 is 1.29 bits per heavy atom. The summed E-state index contributed by atoms with van der Waals surface area (Å²) in [5.74, 6) is 0.715. The standard InChI is InChI=1S/C18H18BrN3O2/c1-13-9-14(19)11-22-12-15(21-18(13)22)10-20-17(23)7-8-24-16-5-3-2-4-6-16/h2-6,9,11-12H,7-8,10H2,1H3,(H,20,23). The van der Waals surface area contributed by atoms with E-state index in [1.165, 1.54) is 0 Å². The molecule has 0 unspecified atom stereocenters. The van der Waals surface area contributed by atoms with E-state index in [0.717, 1.165) is 27.1 Å². The van der Waals surface area contributed by atoms with Crippen LogP contribution in [0.25, 0.3) is 5.65 Å². The number of carbonyl (C=O) groups is 1. The molecule has 0 spiro atoms. The van der Waals surface area contributed by atoms with Crippen molar-refractivity contribution in [2.24, 2.45) is 0 Å². The molecule has 2 aromatic heterocycles. The Morgan fingerprint density at radius 3 is 2.88 bits per heavy atom. The Hall–Kier alpha value is -2.34. The predicted molar refractivity (Wildman–Crippen MR) is 96.0 cm³/mol. The van der Waals surface area contributed by atoms with E-state index in [1.807, 2.05) is 60.1 Å². The van der Waals surface area contributed by atoms with Crippen molar-refractivity contribution < 1.29 is 9.53 Å². The van der Waals surface area contributed by atoms with Crippen molar-refractivity contribution in [3.8, 4) is 5.75 Å². The van der Waals surface area contributed by atoms with Crippen LogP contribution < -0.4 is 10.1 Å². The van der Waals surface area contributed by atoms with Gasteiger partial charge in [0.05, 0.1) is 25.3 Å². The molecule has 0 aliphatic carbocycles. The Balaban J connectivity index is 1.50. The van der Waals surface area contributed by atoms with E-state index in [-0.39, 0.29) is 5.91 Å². The third-order valence-electron chi connectivity index (χ3n) is 3.56. The topological polar surface area (TPSA) is 55.6 Å². The summed E-state index contributed by atoms with van der Waals surface area (Å²) in [6, 6.07) is 11.5. The first-order valence-electron chi connectivity index (χ1n) is 7.70. The molecule has 0 aliphatic heterocycles. The Kier molecular flexibility index (Phi) is 5.15. The Morgan fingerprint density at radius 2 is 2.08 bits per heavy atom. The fraction of sp³-hybridized carbons (Fsp3) is 0.222. The zero-order chi connectivity index (χ0) is 16.9. The van der Waals surface area contributed by atoms with Crippen LogP contribution in [0.15, 0.2) is 53.3 Å². The van der Waals surface area contributed by atoms with E-state index in [0.29, 0.717) is 19.6 Å². The molecule has 1 amide bonds. The van der Waals surface area contributed by atoms with E-state index in [2.05, 4.69) is 26.2 Å². The van der Waals surface area contributed by atoms with Crippen molar-refractivity contribution in [2.45, 2.75) is 19.9 Å². The predicted octanol–water partition coefficient (Wildman–Crippen LogP) is 3.49. The molecule has 0 aliphatic rings. The van der Waals surface area contributed by atoms with Crippen LogP contribution in [0.3, 0.4) is 0 Å². The number of hydrogen-bond donors (Lipinski definition) is 1. The second kappa shape index (κ2) is 7.49. The second-order valence-corrected chi connectivity index (χ2v) is 6.41. The lowest BCUT2D eigenvalue weighted by Gasteiger charge is -2.06. The van der Waals surface area contributed by atoms with Crippen LogP contribution in [0.2, 0.25) is 0 Å². The fourth-order valence-electron chi connectivity index (χ4n) is 2.42. The number of pyridine rings is 1. The van der Waals surface area contributed by atoms with Crippen molar-refractivity contribution >= 4 is 27.5 Å². The molecule has 3 aromatic rings. The second-order valence-electron chi connectivity index (χ2n) is 5.49. The van der Waals surface area contributed by atoms with Crippen LogP contribution >= 0.6 is 15.9 Å². The Labute approximate surface area is 148 Å². The molecule has 0 saturated heterocycles. The molecule has 0 radical (unpaired) electrons. The van der Waals surface area contributed by atoms with Crippen LogP contribution in [-0.4, -0.2) is 21.9 Å². The molecule has 3 rings (SSSR count). The maximum Gasteiger partial charge on any atom is 0.223 e. The SMILES string of the molecule is Cc1cc(Br)cn2cc(CNC(=O)CCOc3ccccc3)nc12. The summed E-state index contributed by atoms with van der Waals surface area (Å²) in [5, 5.41) is 2.87. The minimum atomic E-state index is -0.0547. The first-order chi connectivity index (χ1) is 11.6. The van der Waals surface area contributed by atoms with Gasteiger partial charge in [0.25, 0.3) is 0 Å². The number of fused-ring (bicyclic) bond motifs is 1. The minimum absolute atomic E-state index is 0.0547. The summed E-state index contributed by atoms with van der Waals surface area (Å²) in [5.41, 5.74) is 2.81. The molecule has 1 N–H and O–H groups in total. The molecular formula is C18H18BrN3O2. The zero-order valence-electron chi connectivity index (χ0n) is 13.3. The molecule has 1 aromatic carbocycles. The number of amides is 1. The summed E-state index contributed by atoms with van der Waals surface area (Å²) in [6.07, 6.45) is 4.19. The highest BCUT2D eigenvalue weighted by Crippen LogP contribution is 2.17. The summed E-state index contributed by atoms with van der Waals surface area (Å²) in [7, 11) is 0. The quantitative estimate of drug-likeness (QED) is 0.704. The number of rotatable bonds is 6. The maximum atomic E-state index is 11.9. The van der Waals surface area contributed by atoms with Crippen molar-refractivity contribution in [3.63, 3.8) is 0 Å². The molecule has 0 saturated carbocycles. The van der Waals surface area contributed by atoms with E-state index < -0.39 is 0 Å². The highest BCUT2D eigenvalue weighted by molar-refractivity contribution is 9.10. The number of halogens is 1. The summed E-state index contributed by atoms with van der Waals surface area (Å²) in [6.45, 7) is 2.77. The van der Waals surface area contributed by atoms with E-state index in [4.69, 9.17) is 4.74 Å². The third-order valence-corrected chi connectivity index (χ3v) is 3.99. The molecule has 2 heterocycles. The smallest absolute Gasteiger partial charge is 0.223 e. The van der Waals surface area contributed by atoms with Gasteiger partial charge < -0.3 is 14.5 Å².